The molecule has 1 aromatic rings. The van der Waals surface area contributed by atoms with Crippen molar-refractivity contribution in [3.8, 4) is 0 Å². The first kappa shape index (κ1) is 18.6. The molecule has 5 nitrogen and oxygen atoms in total. The molecule has 0 aromatic heterocycles. The first-order chi connectivity index (χ1) is 9.92. The third kappa shape index (κ3) is 5.67. The van der Waals surface area contributed by atoms with E-state index in [-0.39, 0.29) is 6.54 Å². The highest BCUT2D eigenvalue weighted by Crippen LogP contribution is 2.25. The number of rotatable bonds is 9. The van der Waals surface area contributed by atoms with Gasteiger partial charge >= 0.3 is 0 Å². The maximum absolute atomic E-state index is 12.4. The quantitative estimate of drug-likeness (QED) is 0.646. The van der Waals surface area contributed by atoms with Crippen LogP contribution in [0, 0.1) is 6.92 Å². The van der Waals surface area contributed by atoms with Crippen molar-refractivity contribution in [1.29, 1.82) is 0 Å². The van der Waals surface area contributed by atoms with E-state index in [2.05, 4.69) is 26.0 Å². The summed E-state index contributed by atoms with van der Waals surface area (Å²) in [5.74, 6) is 0. The van der Waals surface area contributed by atoms with Crippen molar-refractivity contribution in [2.45, 2.75) is 32.2 Å². The molecule has 0 radical (unpaired) electrons. The molecule has 1 rings (SSSR count). The normalized spacial score (nSPS) is 11.8. The number of ether oxygens (including phenoxy) is 1. The zero-order valence-electron chi connectivity index (χ0n) is 12.7. The lowest BCUT2D eigenvalue weighted by Crippen LogP contribution is -2.28. The van der Waals surface area contributed by atoms with Gasteiger partial charge in [0.1, 0.15) is 0 Å². The van der Waals surface area contributed by atoms with E-state index >= 15 is 0 Å². The van der Waals surface area contributed by atoms with Crippen molar-refractivity contribution in [3.63, 3.8) is 0 Å². The number of halogens is 1. The van der Waals surface area contributed by atoms with Gasteiger partial charge in [0, 0.05) is 24.2 Å². The average Bonchev–Trinajstić information content (AvgIpc) is 2.44. The Morgan fingerprint density at radius 2 is 2.00 bits per heavy atom. The Morgan fingerprint density at radius 3 is 2.62 bits per heavy atom. The number of hydrogen-bond acceptors (Lipinski definition) is 4. The molecule has 21 heavy (non-hydrogen) atoms. The Balaban J connectivity index is 2.95. The molecule has 0 saturated carbocycles. The van der Waals surface area contributed by atoms with E-state index in [1.54, 1.807) is 13.0 Å². The zero-order chi connectivity index (χ0) is 15.9. The molecule has 0 atom stereocenters. The van der Waals surface area contributed by atoms with Crippen LogP contribution >= 0.6 is 15.9 Å². The fourth-order valence-electron chi connectivity index (χ4n) is 1.83. The van der Waals surface area contributed by atoms with Gasteiger partial charge < -0.3 is 10.1 Å². The van der Waals surface area contributed by atoms with Crippen molar-refractivity contribution < 1.29 is 13.2 Å². The first-order valence-corrected chi connectivity index (χ1v) is 9.27. The van der Waals surface area contributed by atoms with Crippen LogP contribution in [-0.4, -0.2) is 34.7 Å². The van der Waals surface area contributed by atoms with E-state index < -0.39 is 10.0 Å². The maximum atomic E-state index is 12.4. The van der Waals surface area contributed by atoms with Crippen molar-refractivity contribution in [2.75, 3.05) is 26.3 Å². The Hall–Kier alpha value is -0.470. The van der Waals surface area contributed by atoms with Crippen LogP contribution in [0.25, 0.3) is 0 Å². The number of hydrogen-bond donors (Lipinski definition) is 2. The van der Waals surface area contributed by atoms with Gasteiger partial charge in [0.05, 0.1) is 11.5 Å². The summed E-state index contributed by atoms with van der Waals surface area (Å²) in [4.78, 5) is 0.307. The van der Waals surface area contributed by atoms with Crippen LogP contribution < -0.4 is 10.0 Å². The minimum Gasteiger partial charge on any atom is -0.380 e. The van der Waals surface area contributed by atoms with Gasteiger partial charge in [-0.3, -0.25) is 0 Å². The van der Waals surface area contributed by atoms with Crippen molar-refractivity contribution in [3.05, 3.63) is 27.7 Å². The van der Waals surface area contributed by atoms with Crippen molar-refractivity contribution in [2.24, 2.45) is 0 Å². The predicted octanol–water partition coefficient (Wildman–Crippen LogP) is 2.18. The second kappa shape index (κ2) is 8.85. The summed E-state index contributed by atoms with van der Waals surface area (Å²) >= 11 is 3.43. The van der Waals surface area contributed by atoms with Crippen LogP contribution in [0.2, 0.25) is 0 Å². The summed E-state index contributed by atoms with van der Waals surface area (Å²) < 4.78 is 33.3. The monoisotopic (exact) mass is 378 g/mol. The fraction of sp³-hybridized carbons (Fsp3) is 0.571. The Bertz CT molecular complexity index is 562. The summed E-state index contributed by atoms with van der Waals surface area (Å²) in [5, 5.41) is 3.19. The molecule has 0 aliphatic carbocycles. The molecule has 0 amide bonds. The summed E-state index contributed by atoms with van der Waals surface area (Å²) in [5.41, 5.74) is 1.64. The minimum absolute atomic E-state index is 0.269. The highest BCUT2D eigenvalue weighted by Gasteiger charge is 2.19. The molecule has 0 heterocycles. The first-order valence-electron chi connectivity index (χ1n) is 6.99. The Morgan fingerprint density at radius 1 is 1.29 bits per heavy atom. The predicted molar refractivity (Wildman–Crippen MR) is 87.9 cm³/mol. The second-order valence-electron chi connectivity index (χ2n) is 4.58. The second-order valence-corrected chi connectivity index (χ2v) is 7.17. The average molecular weight is 379 g/mol. The van der Waals surface area contributed by atoms with Crippen molar-refractivity contribution in [1.82, 2.24) is 10.0 Å². The smallest absolute Gasteiger partial charge is 0.240 e. The highest BCUT2D eigenvalue weighted by molar-refractivity contribution is 9.10. The number of benzene rings is 1. The van der Waals surface area contributed by atoms with E-state index in [9.17, 15) is 8.42 Å². The van der Waals surface area contributed by atoms with Crippen LogP contribution in [0.4, 0.5) is 0 Å². The van der Waals surface area contributed by atoms with Crippen LogP contribution in [0.5, 0.6) is 0 Å². The summed E-state index contributed by atoms with van der Waals surface area (Å²) in [6, 6.07) is 3.66. The third-order valence-corrected chi connectivity index (χ3v) is 5.38. The fourth-order valence-corrected chi connectivity index (χ4v) is 3.79. The third-order valence-electron chi connectivity index (χ3n) is 2.97. The topological polar surface area (TPSA) is 67.4 Å². The lowest BCUT2D eigenvalue weighted by molar-refractivity contribution is 0.153. The van der Waals surface area contributed by atoms with Crippen LogP contribution in [0.15, 0.2) is 21.5 Å². The van der Waals surface area contributed by atoms with Gasteiger partial charge in [-0.05, 0) is 43.7 Å². The van der Waals surface area contributed by atoms with Crippen LogP contribution in [-0.2, 0) is 21.3 Å². The number of nitrogens with one attached hydrogen (secondary N) is 2. The van der Waals surface area contributed by atoms with E-state index in [0.29, 0.717) is 30.2 Å². The largest absolute Gasteiger partial charge is 0.380 e. The Kier molecular flexibility index (Phi) is 7.83. The molecule has 0 bridgehead atoms. The van der Waals surface area contributed by atoms with Gasteiger partial charge in [0.25, 0.3) is 0 Å². The molecule has 0 fully saturated rings. The van der Waals surface area contributed by atoms with Gasteiger partial charge in [-0.1, -0.05) is 22.9 Å². The standard InChI is InChI=1S/C14H23BrN2O3S/c1-4-16-10-12-8-13(15)11(3)14(9-12)21(18,19)17-6-7-20-5-2/h8-9,16-17H,4-7,10H2,1-3H3. The zero-order valence-corrected chi connectivity index (χ0v) is 15.1. The lowest BCUT2D eigenvalue weighted by Gasteiger charge is -2.13. The lowest BCUT2D eigenvalue weighted by atomic mass is 10.1. The van der Waals surface area contributed by atoms with Crippen LogP contribution in [0.1, 0.15) is 25.0 Å². The van der Waals surface area contributed by atoms with Gasteiger partial charge in [0.15, 0.2) is 0 Å². The molecule has 0 saturated heterocycles. The van der Waals surface area contributed by atoms with E-state index in [0.717, 1.165) is 16.6 Å². The Labute approximate surface area is 135 Å². The molecule has 0 unspecified atom stereocenters. The minimum atomic E-state index is -3.53. The summed E-state index contributed by atoms with van der Waals surface area (Å²) in [7, 11) is -3.53. The van der Waals surface area contributed by atoms with Gasteiger partial charge in [-0.15, -0.1) is 0 Å². The highest BCUT2D eigenvalue weighted by atomic mass is 79.9. The maximum Gasteiger partial charge on any atom is 0.240 e. The van der Waals surface area contributed by atoms with Gasteiger partial charge in [-0.25, -0.2) is 13.1 Å². The van der Waals surface area contributed by atoms with Crippen molar-refractivity contribution >= 4 is 26.0 Å². The molecule has 7 heteroatoms. The number of sulfonamides is 1. The molecule has 2 N–H and O–H groups in total. The molecule has 0 spiro atoms. The molecule has 0 aliphatic heterocycles. The molecule has 1 aromatic carbocycles. The van der Waals surface area contributed by atoms with Gasteiger partial charge in [-0.2, -0.15) is 0 Å². The molecule has 120 valence electrons. The van der Waals surface area contributed by atoms with Crippen LogP contribution in [0.3, 0.4) is 0 Å². The summed E-state index contributed by atoms with van der Waals surface area (Å²) in [6.45, 7) is 8.35. The summed E-state index contributed by atoms with van der Waals surface area (Å²) in [6.07, 6.45) is 0. The van der Waals surface area contributed by atoms with E-state index in [1.807, 2.05) is 19.9 Å². The molecular weight excluding hydrogens is 356 g/mol. The van der Waals surface area contributed by atoms with E-state index in [4.69, 9.17) is 4.74 Å². The van der Waals surface area contributed by atoms with Gasteiger partial charge in [0.2, 0.25) is 10.0 Å². The molecular formula is C14H23BrN2O3S. The molecule has 0 aliphatic rings. The van der Waals surface area contributed by atoms with E-state index in [1.165, 1.54) is 0 Å². The SMILES string of the molecule is CCNCc1cc(Br)c(C)c(S(=O)(=O)NCCOCC)c1.